The number of thioether (sulfide) groups is 1. The number of benzene rings is 2. The summed E-state index contributed by atoms with van der Waals surface area (Å²) in [5, 5.41) is 1.63. The summed E-state index contributed by atoms with van der Waals surface area (Å²) in [5.41, 5.74) is 4.21. The molecule has 1 nitrogen and oxygen atoms in total. The largest absolute Gasteiger partial charge is 0.489 e. The minimum Gasteiger partial charge on any atom is -0.489 e. The highest BCUT2D eigenvalue weighted by Crippen LogP contribution is 2.41. The lowest BCUT2D eigenvalue weighted by molar-refractivity contribution is 0.306. The fourth-order valence-corrected chi connectivity index (χ4v) is 5.39. The van der Waals surface area contributed by atoms with Gasteiger partial charge in [0.2, 0.25) is 0 Å². The first-order valence-corrected chi connectivity index (χ1v) is 9.90. The third-order valence-electron chi connectivity index (χ3n) is 4.87. The molecule has 0 saturated carbocycles. The van der Waals surface area contributed by atoms with Gasteiger partial charge in [-0.15, -0.1) is 0 Å². The molecule has 2 aromatic carbocycles. The highest BCUT2D eigenvalue weighted by molar-refractivity contribution is 8.00. The first kappa shape index (κ1) is 15.8. The van der Waals surface area contributed by atoms with Gasteiger partial charge in [-0.25, -0.2) is 0 Å². The summed E-state index contributed by atoms with van der Waals surface area (Å²) in [6.45, 7) is 0.633. The third-order valence-corrected chi connectivity index (χ3v) is 6.38. The van der Waals surface area contributed by atoms with E-state index in [-0.39, 0.29) is 0 Å². The molecular formula is C22H24OS. The van der Waals surface area contributed by atoms with Crippen molar-refractivity contribution in [1.82, 2.24) is 0 Å². The molecule has 2 atom stereocenters. The van der Waals surface area contributed by atoms with Crippen LogP contribution in [-0.4, -0.2) is 10.5 Å². The SMILES string of the molecule is C1=C(Cc2cccc(OCc3ccccc3)c2)CC2CCCC1S2. The predicted octanol–water partition coefficient (Wildman–Crippen LogP) is 5.79. The Morgan fingerprint density at radius 3 is 2.71 bits per heavy atom. The number of hydrogen-bond donors (Lipinski definition) is 0. The van der Waals surface area contributed by atoms with Crippen LogP contribution in [0.15, 0.2) is 66.2 Å². The molecule has 4 rings (SSSR count). The van der Waals surface area contributed by atoms with Crippen LogP contribution in [0.25, 0.3) is 0 Å². The molecule has 24 heavy (non-hydrogen) atoms. The number of hydrogen-bond acceptors (Lipinski definition) is 2. The van der Waals surface area contributed by atoms with Crippen molar-refractivity contribution in [3.05, 3.63) is 77.4 Å². The molecule has 2 heteroatoms. The molecule has 1 fully saturated rings. The van der Waals surface area contributed by atoms with Gasteiger partial charge in [0, 0.05) is 10.5 Å². The average molecular weight is 337 g/mol. The Hall–Kier alpha value is -1.67. The lowest BCUT2D eigenvalue weighted by Gasteiger charge is -2.33. The smallest absolute Gasteiger partial charge is 0.120 e. The molecule has 0 aliphatic carbocycles. The van der Waals surface area contributed by atoms with Crippen LogP contribution in [0.4, 0.5) is 0 Å². The van der Waals surface area contributed by atoms with Gasteiger partial charge in [-0.05, 0) is 48.9 Å². The minimum absolute atomic E-state index is 0.633. The quantitative estimate of drug-likeness (QED) is 0.639. The Morgan fingerprint density at radius 2 is 1.83 bits per heavy atom. The zero-order valence-electron chi connectivity index (χ0n) is 14.0. The second-order valence-corrected chi connectivity index (χ2v) is 8.40. The van der Waals surface area contributed by atoms with Gasteiger partial charge in [-0.3, -0.25) is 0 Å². The zero-order chi connectivity index (χ0) is 16.2. The average Bonchev–Trinajstić information content (AvgIpc) is 2.61. The molecular weight excluding hydrogens is 312 g/mol. The van der Waals surface area contributed by atoms with E-state index in [0.717, 1.165) is 22.7 Å². The van der Waals surface area contributed by atoms with Crippen molar-refractivity contribution in [2.75, 3.05) is 0 Å². The lowest BCUT2D eigenvalue weighted by Crippen LogP contribution is -2.22. The summed E-state index contributed by atoms with van der Waals surface area (Å²) in [6, 6.07) is 19.0. The predicted molar refractivity (Wildman–Crippen MR) is 103 cm³/mol. The number of fused-ring (bicyclic) bond motifs is 2. The van der Waals surface area contributed by atoms with E-state index in [0.29, 0.717) is 6.61 Å². The summed E-state index contributed by atoms with van der Waals surface area (Å²) >= 11 is 2.20. The molecule has 124 valence electrons. The van der Waals surface area contributed by atoms with E-state index in [9.17, 15) is 0 Å². The highest BCUT2D eigenvalue weighted by Gasteiger charge is 2.26. The third kappa shape index (κ3) is 4.05. The minimum atomic E-state index is 0.633. The van der Waals surface area contributed by atoms with Crippen LogP contribution in [0.1, 0.15) is 36.8 Å². The van der Waals surface area contributed by atoms with Gasteiger partial charge in [0.15, 0.2) is 0 Å². The lowest BCUT2D eigenvalue weighted by atomic mass is 9.94. The first-order valence-electron chi connectivity index (χ1n) is 8.96. The maximum Gasteiger partial charge on any atom is 0.120 e. The Kier molecular flexibility index (Phi) is 4.94. The molecule has 1 saturated heterocycles. The van der Waals surface area contributed by atoms with Crippen LogP contribution in [0.5, 0.6) is 5.75 Å². The summed E-state index contributed by atoms with van der Waals surface area (Å²) in [4.78, 5) is 0. The molecule has 0 spiro atoms. The van der Waals surface area contributed by atoms with Crippen molar-refractivity contribution in [2.24, 2.45) is 0 Å². The van der Waals surface area contributed by atoms with E-state index in [1.807, 2.05) is 6.07 Å². The van der Waals surface area contributed by atoms with E-state index in [1.54, 1.807) is 5.57 Å². The maximum absolute atomic E-state index is 5.97. The van der Waals surface area contributed by atoms with Crippen molar-refractivity contribution in [1.29, 1.82) is 0 Å². The fraction of sp³-hybridized carbons (Fsp3) is 0.364. The van der Waals surface area contributed by atoms with Crippen LogP contribution < -0.4 is 4.74 Å². The Morgan fingerprint density at radius 1 is 0.958 bits per heavy atom. The van der Waals surface area contributed by atoms with Crippen LogP contribution in [0.2, 0.25) is 0 Å². The second-order valence-electron chi connectivity index (χ2n) is 6.85. The van der Waals surface area contributed by atoms with Crippen molar-refractivity contribution in [2.45, 2.75) is 49.2 Å². The second kappa shape index (κ2) is 7.48. The molecule has 0 radical (unpaired) electrons. The van der Waals surface area contributed by atoms with Gasteiger partial charge in [0.1, 0.15) is 12.4 Å². The maximum atomic E-state index is 5.97. The van der Waals surface area contributed by atoms with Crippen LogP contribution in [0, 0.1) is 0 Å². The van der Waals surface area contributed by atoms with Gasteiger partial charge in [-0.1, -0.05) is 60.5 Å². The summed E-state index contributed by atoms with van der Waals surface area (Å²) < 4.78 is 5.97. The highest BCUT2D eigenvalue weighted by atomic mass is 32.2. The summed E-state index contributed by atoms with van der Waals surface area (Å²) in [6.07, 6.45) is 9.07. The van der Waals surface area contributed by atoms with E-state index in [4.69, 9.17) is 4.74 Å². The van der Waals surface area contributed by atoms with Crippen LogP contribution in [0.3, 0.4) is 0 Å². The van der Waals surface area contributed by atoms with Crippen molar-refractivity contribution >= 4 is 11.8 Å². The van der Waals surface area contributed by atoms with Gasteiger partial charge >= 0.3 is 0 Å². The molecule has 0 aromatic heterocycles. The zero-order valence-corrected chi connectivity index (χ0v) is 14.8. The van der Waals surface area contributed by atoms with Gasteiger partial charge in [0.25, 0.3) is 0 Å². The fourth-order valence-electron chi connectivity index (χ4n) is 3.71. The molecule has 2 aromatic rings. The molecule has 2 aliphatic heterocycles. The normalized spacial score (nSPS) is 22.8. The topological polar surface area (TPSA) is 9.23 Å². The number of rotatable bonds is 5. The number of allylic oxidation sites excluding steroid dienone is 1. The Bertz CT molecular complexity index is 707. The standard InChI is InChI=1S/C22H24OS/c1-2-6-17(7-3-1)16-23-20-9-4-8-18(13-20)12-19-14-21-10-5-11-22(15-19)24-21/h1-4,6-9,13-14,21-22H,5,10-12,15-16H2. The van der Waals surface area contributed by atoms with Gasteiger partial charge < -0.3 is 4.74 Å². The first-order chi connectivity index (χ1) is 11.8. The monoisotopic (exact) mass is 336 g/mol. The molecule has 0 N–H and O–H groups in total. The Balaban J connectivity index is 1.40. The van der Waals surface area contributed by atoms with Gasteiger partial charge in [0.05, 0.1) is 0 Å². The van der Waals surface area contributed by atoms with E-state index >= 15 is 0 Å². The van der Waals surface area contributed by atoms with Crippen LogP contribution in [-0.2, 0) is 13.0 Å². The van der Waals surface area contributed by atoms with Crippen molar-refractivity contribution in [3.63, 3.8) is 0 Å². The van der Waals surface area contributed by atoms with Crippen molar-refractivity contribution < 1.29 is 4.74 Å². The molecule has 2 heterocycles. The van der Waals surface area contributed by atoms with Crippen LogP contribution >= 0.6 is 11.8 Å². The summed E-state index contributed by atoms with van der Waals surface area (Å²) in [7, 11) is 0. The van der Waals surface area contributed by atoms with Crippen molar-refractivity contribution in [3.8, 4) is 5.75 Å². The van der Waals surface area contributed by atoms with E-state index < -0.39 is 0 Å². The molecule has 2 bridgehead atoms. The molecule has 2 aliphatic rings. The number of ether oxygens (including phenoxy) is 1. The molecule has 2 unspecified atom stereocenters. The molecule has 0 amide bonds. The van der Waals surface area contributed by atoms with Gasteiger partial charge in [-0.2, -0.15) is 11.8 Å². The Labute approximate surface area is 149 Å². The summed E-state index contributed by atoms with van der Waals surface area (Å²) in [5.74, 6) is 0.974. The van der Waals surface area contributed by atoms with E-state index in [2.05, 4.69) is 66.4 Å². The van der Waals surface area contributed by atoms with E-state index in [1.165, 1.54) is 36.8 Å².